The van der Waals surface area contributed by atoms with Gasteiger partial charge in [0.25, 0.3) is 0 Å². The SMILES string of the molecule is COCC(C)(O)CNC(=O)C(=O)Nc1c(C)cccc1C. The van der Waals surface area contributed by atoms with Gasteiger partial charge in [0.1, 0.15) is 5.60 Å². The first-order chi connectivity index (χ1) is 9.76. The van der Waals surface area contributed by atoms with Crippen LogP contribution in [0, 0.1) is 13.8 Å². The number of methoxy groups -OCH3 is 1. The van der Waals surface area contributed by atoms with Gasteiger partial charge in [-0.1, -0.05) is 18.2 Å². The van der Waals surface area contributed by atoms with Gasteiger partial charge in [-0.05, 0) is 31.9 Å². The molecular formula is C15H22N2O4. The molecule has 0 radical (unpaired) electrons. The van der Waals surface area contributed by atoms with Crippen LogP contribution < -0.4 is 10.6 Å². The Morgan fingerprint density at radius 3 is 2.33 bits per heavy atom. The van der Waals surface area contributed by atoms with E-state index in [0.717, 1.165) is 11.1 Å². The number of rotatable bonds is 5. The van der Waals surface area contributed by atoms with E-state index in [9.17, 15) is 14.7 Å². The Balaban J connectivity index is 2.62. The lowest BCUT2D eigenvalue weighted by atomic mass is 10.1. The molecule has 6 nitrogen and oxygen atoms in total. The van der Waals surface area contributed by atoms with E-state index in [1.165, 1.54) is 14.0 Å². The van der Waals surface area contributed by atoms with E-state index in [2.05, 4.69) is 10.6 Å². The minimum atomic E-state index is -1.22. The van der Waals surface area contributed by atoms with Crippen LogP contribution >= 0.6 is 0 Å². The first-order valence-electron chi connectivity index (χ1n) is 6.63. The minimum absolute atomic E-state index is 0.0613. The summed E-state index contributed by atoms with van der Waals surface area (Å²) in [5.41, 5.74) is 1.16. The van der Waals surface area contributed by atoms with Gasteiger partial charge in [-0.3, -0.25) is 9.59 Å². The Morgan fingerprint density at radius 2 is 1.81 bits per heavy atom. The quantitative estimate of drug-likeness (QED) is 0.700. The Bertz CT molecular complexity index is 506. The zero-order chi connectivity index (χ0) is 16.0. The molecule has 2 amide bonds. The summed E-state index contributed by atoms with van der Waals surface area (Å²) in [6, 6.07) is 5.58. The normalized spacial score (nSPS) is 13.4. The Morgan fingerprint density at radius 1 is 1.24 bits per heavy atom. The molecule has 0 aliphatic heterocycles. The highest BCUT2D eigenvalue weighted by molar-refractivity contribution is 6.39. The molecule has 1 unspecified atom stereocenters. The molecule has 0 saturated heterocycles. The molecule has 1 aromatic carbocycles. The number of benzene rings is 1. The highest BCUT2D eigenvalue weighted by Crippen LogP contribution is 2.19. The fraction of sp³-hybridized carbons (Fsp3) is 0.467. The molecule has 1 atom stereocenters. The Kier molecular flexibility index (Phi) is 5.87. The van der Waals surface area contributed by atoms with Crippen LogP contribution in [0.15, 0.2) is 18.2 Å². The number of anilines is 1. The van der Waals surface area contributed by atoms with E-state index >= 15 is 0 Å². The van der Waals surface area contributed by atoms with Crippen molar-refractivity contribution in [3.8, 4) is 0 Å². The van der Waals surface area contributed by atoms with Crippen molar-refractivity contribution in [1.82, 2.24) is 5.32 Å². The smallest absolute Gasteiger partial charge is 0.313 e. The number of ether oxygens (including phenoxy) is 1. The number of nitrogens with one attached hydrogen (secondary N) is 2. The van der Waals surface area contributed by atoms with Gasteiger partial charge in [-0.2, -0.15) is 0 Å². The van der Waals surface area contributed by atoms with Gasteiger partial charge in [-0.25, -0.2) is 0 Å². The zero-order valence-electron chi connectivity index (χ0n) is 12.8. The van der Waals surface area contributed by atoms with Crippen molar-refractivity contribution in [3.05, 3.63) is 29.3 Å². The van der Waals surface area contributed by atoms with Gasteiger partial charge in [0, 0.05) is 19.3 Å². The van der Waals surface area contributed by atoms with E-state index in [4.69, 9.17) is 4.74 Å². The van der Waals surface area contributed by atoms with Crippen LogP contribution in [0.1, 0.15) is 18.1 Å². The fourth-order valence-corrected chi connectivity index (χ4v) is 1.89. The fourth-order valence-electron chi connectivity index (χ4n) is 1.89. The van der Waals surface area contributed by atoms with Crippen molar-refractivity contribution >= 4 is 17.5 Å². The molecule has 1 rings (SSSR count). The zero-order valence-corrected chi connectivity index (χ0v) is 12.8. The number of para-hydroxylation sites is 1. The first-order valence-corrected chi connectivity index (χ1v) is 6.63. The van der Waals surface area contributed by atoms with E-state index in [0.29, 0.717) is 5.69 Å². The largest absolute Gasteiger partial charge is 0.386 e. The summed E-state index contributed by atoms with van der Waals surface area (Å²) in [4.78, 5) is 23.6. The van der Waals surface area contributed by atoms with Crippen molar-refractivity contribution in [2.45, 2.75) is 26.4 Å². The van der Waals surface area contributed by atoms with Crippen LogP contribution in [-0.4, -0.2) is 42.8 Å². The summed E-state index contributed by atoms with van der Waals surface area (Å²) in [5, 5.41) is 14.8. The lowest BCUT2D eigenvalue weighted by Crippen LogP contribution is -2.46. The predicted octanol–water partition coefficient (Wildman–Crippen LogP) is 0.756. The van der Waals surface area contributed by atoms with Gasteiger partial charge < -0.3 is 20.5 Å². The maximum absolute atomic E-state index is 11.9. The molecule has 0 bridgehead atoms. The van der Waals surface area contributed by atoms with Gasteiger partial charge in [0.2, 0.25) is 0 Å². The minimum Gasteiger partial charge on any atom is -0.386 e. The summed E-state index contributed by atoms with van der Waals surface area (Å²) in [5.74, 6) is -1.56. The van der Waals surface area contributed by atoms with Gasteiger partial charge in [-0.15, -0.1) is 0 Å². The molecule has 21 heavy (non-hydrogen) atoms. The molecule has 0 fully saturated rings. The second kappa shape index (κ2) is 7.19. The van der Waals surface area contributed by atoms with E-state index in [1.807, 2.05) is 32.0 Å². The summed E-state index contributed by atoms with van der Waals surface area (Å²) in [7, 11) is 1.45. The van der Waals surface area contributed by atoms with E-state index in [1.54, 1.807) is 0 Å². The molecule has 0 aliphatic rings. The third kappa shape index (κ3) is 5.17. The lowest BCUT2D eigenvalue weighted by Gasteiger charge is -2.22. The number of hydrogen-bond acceptors (Lipinski definition) is 4. The molecule has 0 aromatic heterocycles. The number of carbonyl (C=O) groups is 2. The van der Waals surface area contributed by atoms with Crippen LogP contribution in [0.3, 0.4) is 0 Å². The summed E-state index contributed by atoms with van der Waals surface area (Å²) >= 11 is 0. The second-order valence-electron chi connectivity index (χ2n) is 5.33. The average molecular weight is 294 g/mol. The van der Waals surface area contributed by atoms with Crippen molar-refractivity contribution in [2.24, 2.45) is 0 Å². The van der Waals surface area contributed by atoms with Gasteiger partial charge in [0.15, 0.2) is 0 Å². The van der Waals surface area contributed by atoms with Crippen LogP contribution in [-0.2, 0) is 14.3 Å². The average Bonchev–Trinajstić information content (AvgIpc) is 2.40. The molecule has 0 spiro atoms. The van der Waals surface area contributed by atoms with Crippen LogP contribution in [0.4, 0.5) is 5.69 Å². The highest BCUT2D eigenvalue weighted by atomic mass is 16.5. The third-order valence-corrected chi connectivity index (χ3v) is 3.01. The number of aryl methyl sites for hydroxylation is 2. The Hall–Kier alpha value is -1.92. The van der Waals surface area contributed by atoms with Crippen molar-refractivity contribution in [1.29, 1.82) is 0 Å². The molecule has 1 aromatic rings. The van der Waals surface area contributed by atoms with Crippen molar-refractivity contribution in [2.75, 3.05) is 25.6 Å². The maximum Gasteiger partial charge on any atom is 0.313 e. The topological polar surface area (TPSA) is 87.7 Å². The molecular weight excluding hydrogens is 272 g/mol. The number of hydrogen-bond donors (Lipinski definition) is 3. The summed E-state index contributed by atoms with van der Waals surface area (Å²) in [6.45, 7) is 5.21. The molecule has 116 valence electrons. The van der Waals surface area contributed by atoms with E-state index in [-0.39, 0.29) is 13.2 Å². The monoisotopic (exact) mass is 294 g/mol. The maximum atomic E-state index is 11.9. The summed E-state index contributed by atoms with van der Waals surface area (Å²) in [6.07, 6.45) is 0. The molecule has 0 saturated carbocycles. The molecule has 3 N–H and O–H groups in total. The van der Waals surface area contributed by atoms with Gasteiger partial charge in [0.05, 0.1) is 6.61 Å². The third-order valence-electron chi connectivity index (χ3n) is 3.01. The van der Waals surface area contributed by atoms with Crippen LogP contribution in [0.25, 0.3) is 0 Å². The van der Waals surface area contributed by atoms with Crippen LogP contribution in [0.2, 0.25) is 0 Å². The molecule has 0 heterocycles. The molecule has 6 heteroatoms. The predicted molar refractivity (Wildman–Crippen MR) is 80.1 cm³/mol. The number of carbonyl (C=O) groups excluding carboxylic acids is 2. The van der Waals surface area contributed by atoms with Crippen molar-refractivity contribution < 1.29 is 19.4 Å². The second-order valence-corrected chi connectivity index (χ2v) is 5.33. The van der Waals surface area contributed by atoms with Gasteiger partial charge >= 0.3 is 11.8 Å². The first kappa shape index (κ1) is 17.1. The highest BCUT2D eigenvalue weighted by Gasteiger charge is 2.23. The number of amides is 2. The molecule has 0 aliphatic carbocycles. The van der Waals surface area contributed by atoms with Crippen molar-refractivity contribution in [3.63, 3.8) is 0 Å². The van der Waals surface area contributed by atoms with E-state index < -0.39 is 17.4 Å². The van der Waals surface area contributed by atoms with Crippen LogP contribution in [0.5, 0.6) is 0 Å². The Labute approximate surface area is 124 Å². The standard InChI is InChI=1S/C15H22N2O4/c1-10-6-5-7-11(2)12(10)17-14(19)13(18)16-8-15(3,20)9-21-4/h5-7,20H,8-9H2,1-4H3,(H,16,18)(H,17,19). The summed E-state index contributed by atoms with van der Waals surface area (Å²) < 4.78 is 4.82. The number of aliphatic hydroxyl groups is 1. The lowest BCUT2D eigenvalue weighted by molar-refractivity contribution is -0.137.